The number of carbonyl (C=O) groups excluding carboxylic acids is 1. The Morgan fingerprint density at radius 3 is 2.40 bits per heavy atom. The lowest BCUT2D eigenvalue weighted by Gasteiger charge is -2.14. The van der Waals surface area contributed by atoms with Gasteiger partial charge in [-0.3, -0.25) is 4.79 Å². The second kappa shape index (κ2) is 10.5. The second-order valence-electron chi connectivity index (χ2n) is 6.70. The minimum absolute atomic E-state index is 0.0578. The molecule has 0 saturated heterocycles. The van der Waals surface area contributed by atoms with E-state index in [2.05, 4.69) is 41.5 Å². The topological polar surface area (TPSA) is 69.0 Å². The average Bonchev–Trinajstić information content (AvgIpc) is 3.11. The van der Waals surface area contributed by atoms with E-state index in [-0.39, 0.29) is 18.3 Å². The van der Waals surface area contributed by atoms with Crippen LogP contribution in [-0.2, 0) is 31.3 Å². The third kappa shape index (κ3) is 5.55. The SMILES string of the molecule is CCc1cccc(CC)c1NC(=O)CSc1nnc(COc2ccc(Cl)cc2)n1C. The molecule has 0 spiro atoms. The monoisotopic (exact) mass is 444 g/mol. The summed E-state index contributed by atoms with van der Waals surface area (Å²) in [4.78, 5) is 12.6. The summed E-state index contributed by atoms with van der Waals surface area (Å²) in [5, 5.41) is 12.8. The Hall–Kier alpha value is -2.51. The van der Waals surface area contributed by atoms with Crippen molar-refractivity contribution in [1.29, 1.82) is 0 Å². The third-order valence-corrected chi connectivity index (χ3v) is 5.97. The van der Waals surface area contributed by atoms with Crippen LogP contribution >= 0.6 is 23.4 Å². The molecule has 1 N–H and O–H groups in total. The maximum absolute atomic E-state index is 12.6. The lowest BCUT2D eigenvalue weighted by molar-refractivity contribution is -0.113. The third-order valence-electron chi connectivity index (χ3n) is 4.70. The van der Waals surface area contributed by atoms with E-state index in [0.717, 1.165) is 29.7 Å². The van der Waals surface area contributed by atoms with Crippen molar-refractivity contribution in [2.75, 3.05) is 11.1 Å². The van der Waals surface area contributed by atoms with Gasteiger partial charge in [0, 0.05) is 17.8 Å². The van der Waals surface area contributed by atoms with Gasteiger partial charge in [0.1, 0.15) is 12.4 Å². The molecule has 1 heterocycles. The zero-order chi connectivity index (χ0) is 21.5. The van der Waals surface area contributed by atoms with Crippen LogP contribution in [0.5, 0.6) is 5.75 Å². The highest BCUT2D eigenvalue weighted by Crippen LogP contribution is 2.24. The van der Waals surface area contributed by atoms with E-state index < -0.39 is 0 Å². The number of halogens is 1. The number of nitrogens with one attached hydrogen (secondary N) is 1. The van der Waals surface area contributed by atoms with E-state index >= 15 is 0 Å². The summed E-state index contributed by atoms with van der Waals surface area (Å²) in [6, 6.07) is 13.3. The van der Waals surface area contributed by atoms with Crippen LogP contribution < -0.4 is 10.1 Å². The number of nitrogens with zero attached hydrogens (tertiary/aromatic N) is 3. The first kappa shape index (κ1) is 22.2. The van der Waals surface area contributed by atoms with Crippen LogP contribution in [0, 0.1) is 0 Å². The zero-order valence-electron chi connectivity index (χ0n) is 17.3. The molecule has 1 amide bonds. The normalized spacial score (nSPS) is 10.8. The largest absolute Gasteiger partial charge is 0.486 e. The van der Waals surface area contributed by atoms with E-state index in [1.165, 1.54) is 11.8 Å². The maximum atomic E-state index is 12.6. The van der Waals surface area contributed by atoms with Crippen LogP contribution in [0.1, 0.15) is 30.8 Å². The van der Waals surface area contributed by atoms with Crippen molar-refractivity contribution in [3.05, 3.63) is 64.4 Å². The number of amides is 1. The van der Waals surface area contributed by atoms with Crippen molar-refractivity contribution in [2.45, 2.75) is 38.5 Å². The molecule has 6 nitrogen and oxygen atoms in total. The number of benzene rings is 2. The molecular weight excluding hydrogens is 420 g/mol. The molecule has 8 heteroatoms. The molecule has 30 heavy (non-hydrogen) atoms. The summed E-state index contributed by atoms with van der Waals surface area (Å²) in [7, 11) is 1.86. The molecule has 0 atom stereocenters. The van der Waals surface area contributed by atoms with Gasteiger partial charge >= 0.3 is 0 Å². The molecule has 0 aliphatic heterocycles. The molecule has 0 fully saturated rings. The Kier molecular flexibility index (Phi) is 7.76. The number of anilines is 1. The number of hydrogen-bond donors (Lipinski definition) is 1. The Balaban J connectivity index is 1.57. The van der Waals surface area contributed by atoms with Gasteiger partial charge in [0.05, 0.1) is 5.75 Å². The fraction of sp³-hybridized carbons (Fsp3) is 0.318. The first-order valence-corrected chi connectivity index (χ1v) is 11.2. The van der Waals surface area contributed by atoms with Gasteiger partial charge in [0.2, 0.25) is 5.91 Å². The molecule has 0 aliphatic carbocycles. The fourth-order valence-corrected chi connectivity index (χ4v) is 3.84. The number of aromatic nitrogens is 3. The zero-order valence-corrected chi connectivity index (χ0v) is 18.9. The second-order valence-corrected chi connectivity index (χ2v) is 8.07. The molecule has 3 aromatic rings. The number of para-hydroxylation sites is 1. The van der Waals surface area contributed by atoms with Gasteiger partial charge in [-0.05, 0) is 48.2 Å². The Bertz CT molecular complexity index is 983. The molecule has 0 radical (unpaired) electrons. The quantitative estimate of drug-likeness (QED) is 0.475. The Labute approximate surface area is 186 Å². The highest BCUT2D eigenvalue weighted by molar-refractivity contribution is 7.99. The van der Waals surface area contributed by atoms with Crippen LogP contribution in [-0.4, -0.2) is 26.4 Å². The van der Waals surface area contributed by atoms with Gasteiger partial charge in [0.25, 0.3) is 0 Å². The van der Waals surface area contributed by atoms with Crippen LogP contribution in [0.2, 0.25) is 5.02 Å². The summed E-state index contributed by atoms with van der Waals surface area (Å²) < 4.78 is 7.56. The van der Waals surface area contributed by atoms with Crippen molar-refractivity contribution in [3.8, 4) is 5.75 Å². The van der Waals surface area contributed by atoms with Crippen molar-refractivity contribution >= 4 is 35.0 Å². The Morgan fingerprint density at radius 2 is 1.77 bits per heavy atom. The van der Waals surface area contributed by atoms with Crippen LogP contribution in [0.3, 0.4) is 0 Å². The number of ether oxygens (including phenoxy) is 1. The van der Waals surface area contributed by atoms with Crippen molar-refractivity contribution in [2.24, 2.45) is 7.05 Å². The lowest BCUT2D eigenvalue weighted by atomic mass is 10.0. The first-order valence-electron chi connectivity index (χ1n) is 9.81. The molecule has 0 bridgehead atoms. The number of carbonyl (C=O) groups is 1. The Morgan fingerprint density at radius 1 is 1.10 bits per heavy atom. The molecule has 1 aromatic heterocycles. The van der Waals surface area contributed by atoms with Gasteiger partial charge in [0.15, 0.2) is 11.0 Å². The number of hydrogen-bond acceptors (Lipinski definition) is 5. The minimum atomic E-state index is -0.0578. The van der Waals surface area contributed by atoms with E-state index in [1.807, 2.05) is 17.7 Å². The standard InChI is InChI=1S/C22H25ClN4O2S/c1-4-15-7-6-8-16(5-2)21(15)24-20(28)14-30-22-26-25-19(27(22)3)13-29-18-11-9-17(23)10-12-18/h6-12H,4-5,13-14H2,1-3H3,(H,24,28). The summed E-state index contributed by atoms with van der Waals surface area (Å²) in [6.07, 6.45) is 1.74. The number of aryl methyl sites for hydroxylation is 2. The molecule has 0 aliphatic rings. The lowest BCUT2D eigenvalue weighted by Crippen LogP contribution is -2.17. The van der Waals surface area contributed by atoms with Gasteiger partial charge in [-0.2, -0.15) is 0 Å². The smallest absolute Gasteiger partial charge is 0.234 e. The molecular formula is C22H25ClN4O2S. The van der Waals surface area contributed by atoms with Crippen molar-refractivity contribution in [3.63, 3.8) is 0 Å². The number of thioether (sulfide) groups is 1. The first-order chi connectivity index (χ1) is 14.5. The van der Waals surface area contributed by atoms with Gasteiger partial charge in [-0.1, -0.05) is 55.4 Å². The maximum Gasteiger partial charge on any atom is 0.234 e. The summed E-state index contributed by atoms with van der Waals surface area (Å²) in [5.74, 6) is 1.58. The van der Waals surface area contributed by atoms with Crippen LogP contribution in [0.15, 0.2) is 47.6 Å². The summed E-state index contributed by atoms with van der Waals surface area (Å²) >= 11 is 7.24. The van der Waals surface area contributed by atoms with Crippen molar-refractivity contribution in [1.82, 2.24) is 14.8 Å². The minimum Gasteiger partial charge on any atom is -0.486 e. The molecule has 158 valence electrons. The highest BCUT2D eigenvalue weighted by atomic mass is 35.5. The van der Waals surface area contributed by atoms with Gasteiger partial charge in [-0.25, -0.2) is 0 Å². The van der Waals surface area contributed by atoms with Crippen molar-refractivity contribution < 1.29 is 9.53 Å². The van der Waals surface area contributed by atoms with Crippen LogP contribution in [0.25, 0.3) is 0 Å². The predicted octanol–water partition coefficient (Wildman–Crippen LogP) is 4.90. The predicted molar refractivity (Wildman–Crippen MR) is 121 cm³/mol. The van der Waals surface area contributed by atoms with Gasteiger partial charge < -0.3 is 14.6 Å². The number of rotatable bonds is 9. The summed E-state index contributed by atoms with van der Waals surface area (Å²) in [5.41, 5.74) is 3.23. The fourth-order valence-electron chi connectivity index (χ4n) is 2.98. The van der Waals surface area contributed by atoms with Crippen LogP contribution in [0.4, 0.5) is 5.69 Å². The van der Waals surface area contributed by atoms with E-state index in [9.17, 15) is 4.79 Å². The van der Waals surface area contributed by atoms with E-state index in [1.54, 1.807) is 24.3 Å². The molecule has 2 aromatic carbocycles. The highest BCUT2D eigenvalue weighted by Gasteiger charge is 2.14. The summed E-state index contributed by atoms with van der Waals surface area (Å²) in [6.45, 7) is 4.46. The van der Waals surface area contributed by atoms with E-state index in [0.29, 0.717) is 21.8 Å². The average molecular weight is 445 g/mol. The van der Waals surface area contributed by atoms with Gasteiger partial charge in [-0.15, -0.1) is 10.2 Å². The van der Waals surface area contributed by atoms with E-state index in [4.69, 9.17) is 16.3 Å². The molecule has 3 rings (SSSR count). The molecule has 0 saturated carbocycles. The molecule has 0 unspecified atom stereocenters.